The molecule has 0 fully saturated rings. The molecule has 2 N–H and O–H groups in total. The Morgan fingerprint density at radius 3 is 2.40 bits per heavy atom. The molecule has 162 valence electrons. The fourth-order valence-electron chi connectivity index (χ4n) is 2.63. The number of benzene rings is 2. The van der Waals surface area contributed by atoms with E-state index in [9.17, 15) is 18.3 Å². The molecule has 0 aliphatic heterocycles. The van der Waals surface area contributed by atoms with Gasteiger partial charge in [0.25, 0.3) is 5.91 Å². The Morgan fingerprint density at radius 1 is 1.23 bits per heavy atom. The Bertz CT molecular complexity index is 1040. The van der Waals surface area contributed by atoms with Gasteiger partial charge in [-0.2, -0.15) is 5.10 Å². The lowest BCUT2D eigenvalue weighted by Crippen LogP contribution is -2.46. The van der Waals surface area contributed by atoms with E-state index in [-0.39, 0.29) is 11.5 Å². The second kappa shape index (κ2) is 9.81. The number of hydrazone groups is 1. The van der Waals surface area contributed by atoms with Crippen molar-refractivity contribution in [3.05, 3.63) is 46.4 Å². The van der Waals surface area contributed by atoms with Crippen molar-refractivity contribution in [2.75, 3.05) is 24.8 Å². The van der Waals surface area contributed by atoms with Crippen LogP contribution >= 0.6 is 15.9 Å². The van der Waals surface area contributed by atoms with Crippen LogP contribution in [0, 0.1) is 0 Å². The van der Waals surface area contributed by atoms with Gasteiger partial charge >= 0.3 is 0 Å². The van der Waals surface area contributed by atoms with Gasteiger partial charge in [-0.1, -0.05) is 0 Å². The molecule has 0 aliphatic carbocycles. The van der Waals surface area contributed by atoms with Crippen LogP contribution in [0.3, 0.4) is 0 Å². The Hall–Kier alpha value is -2.79. The van der Waals surface area contributed by atoms with Crippen molar-refractivity contribution in [2.24, 2.45) is 5.10 Å². The van der Waals surface area contributed by atoms with Crippen molar-refractivity contribution in [3.63, 3.8) is 0 Å². The van der Waals surface area contributed by atoms with Crippen molar-refractivity contribution < 1.29 is 27.8 Å². The van der Waals surface area contributed by atoms with Crippen LogP contribution < -0.4 is 19.2 Å². The third-order valence-electron chi connectivity index (χ3n) is 4.07. The quantitative estimate of drug-likeness (QED) is 0.425. The van der Waals surface area contributed by atoms with Gasteiger partial charge in [0.15, 0.2) is 11.5 Å². The highest BCUT2D eigenvalue weighted by atomic mass is 79.9. The van der Waals surface area contributed by atoms with Gasteiger partial charge in [0, 0.05) is 0 Å². The topological polar surface area (TPSA) is 118 Å². The highest BCUT2D eigenvalue weighted by Gasteiger charge is 2.29. The van der Waals surface area contributed by atoms with E-state index < -0.39 is 22.0 Å². The number of ether oxygens (including phenoxy) is 2. The first-order valence-electron chi connectivity index (χ1n) is 8.61. The number of aromatic hydroxyl groups is 1. The summed E-state index contributed by atoms with van der Waals surface area (Å²) in [6.07, 6.45) is 2.36. The maximum atomic E-state index is 12.5. The van der Waals surface area contributed by atoms with E-state index >= 15 is 0 Å². The van der Waals surface area contributed by atoms with Crippen LogP contribution in [0.2, 0.25) is 0 Å². The van der Waals surface area contributed by atoms with E-state index in [1.54, 1.807) is 30.3 Å². The summed E-state index contributed by atoms with van der Waals surface area (Å²) in [6.45, 7) is 1.45. The molecule has 0 heterocycles. The summed E-state index contributed by atoms with van der Waals surface area (Å²) in [7, 11) is -0.842. The molecule has 2 aromatic rings. The summed E-state index contributed by atoms with van der Waals surface area (Å²) in [5, 5.41) is 13.7. The summed E-state index contributed by atoms with van der Waals surface area (Å²) >= 11 is 3.20. The number of phenols is 1. The van der Waals surface area contributed by atoms with Gasteiger partial charge in [-0.3, -0.25) is 9.10 Å². The molecular formula is C19H22BrN3O6S. The predicted octanol–water partition coefficient (Wildman–Crippen LogP) is 2.48. The third-order valence-corrected chi connectivity index (χ3v) is 5.92. The summed E-state index contributed by atoms with van der Waals surface area (Å²) in [5.41, 5.74) is 3.19. The smallest absolute Gasteiger partial charge is 0.263 e. The van der Waals surface area contributed by atoms with Crippen LogP contribution in [0.1, 0.15) is 12.5 Å². The van der Waals surface area contributed by atoms with Crippen molar-refractivity contribution in [2.45, 2.75) is 13.0 Å². The Morgan fingerprint density at radius 2 is 1.87 bits per heavy atom. The largest absolute Gasteiger partial charge is 0.503 e. The molecule has 30 heavy (non-hydrogen) atoms. The zero-order valence-electron chi connectivity index (χ0n) is 16.8. The van der Waals surface area contributed by atoms with Crippen molar-refractivity contribution in [1.82, 2.24) is 5.43 Å². The number of phenolic OH excluding ortho intramolecular Hbond substituents is 1. The first-order chi connectivity index (χ1) is 14.1. The normalized spacial score (nSPS) is 12.4. The first kappa shape index (κ1) is 23.5. The maximum Gasteiger partial charge on any atom is 0.263 e. The molecule has 0 radical (unpaired) electrons. The summed E-state index contributed by atoms with van der Waals surface area (Å²) < 4.78 is 36.1. The van der Waals surface area contributed by atoms with Gasteiger partial charge in [-0.25, -0.2) is 13.8 Å². The molecule has 0 saturated heterocycles. The van der Waals surface area contributed by atoms with Gasteiger partial charge in [-0.15, -0.1) is 0 Å². The molecule has 11 heteroatoms. The first-order valence-corrected chi connectivity index (χ1v) is 11.3. The molecule has 1 atom stereocenters. The highest BCUT2D eigenvalue weighted by Crippen LogP contribution is 2.34. The lowest BCUT2D eigenvalue weighted by Gasteiger charge is -2.27. The molecule has 9 nitrogen and oxygen atoms in total. The SMILES string of the molecule is COc1ccc(N([C@@H](C)C(=O)N/N=C\c2cc(Br)c(O)c(OC)c2)S(C)(=O)=O)cc1. The number of methoxy groups -OCH3 is 2. The maximum absolute atomic E-state index is 12.5. The molecule has 0 bridgehead atoms. The monoisotopic (exact) mass is 499 g/mol. The van der Waals surface area contributed by atoms with Gasteiger partial charge in [0.05, 0.1) is 36.9 Å². The van der Waals surface area contributed by atoms with E-state index in [0.717, 1.165) is 10.6 Å². The second-order valence-electron chi connectivity index (χ2n) is 6.22. The summed E-state index contributed by atoms with van der Waals surface area (Å²) in [6, 6.07) is 8.35. The lowest BCUT2D eigenvalue weighted by molar-refractivity contribution is -0.121. The number of carbonyl (C=O) groups is 1. The van der Waals surface area contributed by atoms with Crippen LogP contribution in [-0.4, -0.2) is 52.2 Å². The number of nitrogens with one attached hydrogen (secondary N) is 1. The Labute approximate surface area is 183 Å². The van der Waals surface area contributed by atoms with E-state index in [4.69, 9.17) is 9.47 Å². The van der Waals surface area contributed by atoms with Crippen molar-refractivity contribution in [1.29, 1.82) is 0 Å². The molecule has 0 saturated carbocycles. The predicted molar refractivity (Wildman–Crippen MR) is 118 cm³/mol. The number of sulfonamides is 1. The van der Waals surface area contributed by atoms with Crippen LogP contribution in [0.25, 0.3) is 0 Å². The minimum atomic E-state index is -3.75. The van der Waals surface area contributed by atoms with Gasteiger partial charge in [0.1, 0.15) is 11.8 Å². The van der Waals surface area contributed by atoms with Gasteiger partial charge in [0.2, 0.25) is 10.0 Å². The van der Waals surface area contributed by atoms with E-state index in [2.05, 4.69) is 26.5 Å². The fraction of sp³-hybridized carbons (Fsp3) is 0.263. The van der Waals surface area contributed by atoms with Crippen molar-refractivity contribution in [3.8, 4) is 17.2 Å². The molecule has 1 amide bonds. The number of amides is 1. The van der Waals surface area contributed by atoms with Crippen molar-refractivity contribution >= 4 is 43.8 Å². The molecule has 2 rings (SSSR count). The van der Waals surface area contributed by atoms with Gasteiger partial charge < -0.3 is 14.6 Å². The van der Waals surface area contributed by atoms with Crippen LogP contribution in [0.5, 0.6) is 17.2 Å². The number of nitrogens with zero attached hydrogens (tertiary/aromatic N) is 2. The lowest BCUT2D eigenvalue weighted by atomic mass is 10.2. The molecule has 2 aromatic carbocycles. The minimum Gasteiger partial charge on any atom is -0.503 e. The van der Waals surface area contributed by atoms with Gasteiger partial charge in [-0.05, 0) is 64.8 Å². The number of hydrogen-bond donors (Lipinski definition) is 2. The Balaban J connectivity index is 2.19. The number of halogens is 1. The standard InChI is InChI=1S/C19H22BrN3O6S/c1-12(23(30(4,26)27)14-5-7-15(28-2)8-6-14)19(25)22-21-11-13-9-16(20)18(24)17(10-13)29-3/h5-12,24H,1-4H3,(H,22,25)/b21-11-/t12-/m0/s1. The highest BCUT2D eigenvalue weighted by molar-refractivity contribution is 9.10. The fourth-order valence-corrected chi connectivity index (χ4v) is 4.26. The number of anilines is 1. The third kappa shape index (κ3) is 5.63. The molecule has 0 aromatic heterocycles. The number of hydrogen-bond acceptors (Lipinski definition) is 7. The van der Waals surface area contributed by atoms with Crippen LogP contribution in [-0.2, 0) is 14.8 Å². The van der Waals surface area contributed by atoms with E-state index in [0.29, 0.717) is 21.5 Å². The number of rotatable bonds is 8. The minimum absolute atomic E-state index is 0.0596. The van der Waals surface area contributed by atoms with Crippen LogP contribution in [0.15, 0.2) is 46.0 Å². The molecule has 0 unspecified atom stereocenters. The second-order valence-corrected chi connectivity index (χ2v) is 8.93. The average molecular weight is 500 g/mol. The van der Waals surface area contributed by atoms with E-state index in [1.807, 2.05) is 0 Å². The Kier molecular flexibility index (Phi) is 7.68. The zero-order valence-corrected chi connectivity index (χ0v) is 19.2. The zero-order chi connectivity index (χ0) is 22.5. The van der Waals surface area contributed by atoms with E-state index in [1.165, 1.54) is 33.4 Å². The summed E-state index contributed by atoms with van der Waals surface area (Å²) in [4.78, 5) is 12.5. The van der Waals surface area contributed by atoms with Crippen LogP contribution in [0.4, 0.5) is 5.69 Å². The molecular weight excluding hydrogens is 478 g/mol. The molecule has 0 aliphatic rings. The average Bonchev–Trinajstić information content (AvgIpc) is 2.69. The summed E-state index contributed by atoms with van der Waals surface area (Å²) in [5.74, 6) is 0.102. The molecule has 0 spiro atoms. The number of carbonyl (C=O) groups excluding carboxylic acids is 1.